The Morgan fingerprint density at radius 1 is 1.37 bits per heavy atom. The second-order valence-corrected chi connectivity index (χ2v) is 7.22. The zero-order valence-electron chi connectivity index (χ0n) is 18.1. The number of hydrogen-bond donors (Lipinski definition) is 3. The molecule has 0 saturated carbocycles. The zero-order chi connectivity index (χ0) is 20.9. The van der Waals surface area contributed by atoms with Crippen molar-refractivity contribution in [1.29, 1.82) is 0 Å². The van der Waals surface area contributed by atoms with E-state index in [1.54, 1.807) is 13.1 Å². The van der Waals surface area contributed by atoms with Crippen LogP contribution in [0.25, 0.3) is 0 Å². The molecule has 5 heteroatoms. The lowest BCUT2D eigenvalue weighted by molar-refractivity contribution is -0.145. The van der Waals surface area contributed by atoms with Crippen LogP contribution in [0.15, 0.2) is 47.3 Å². The summed E-state index contributed by atoms with van der Waals surface area (Å²) >= 11 is 0. The second kappa shape index (κ2) is 13.2. The van der Waals surface area contributed by atoms with Crippen LogP contribution in [0.2, 0.25) is 0 Å². The van der Waals surface area contributed by atoms with Crippen molar-refractivity contribution in [3.05, 3.63) is 47.3 Å². The maximum absolute atomic E-state index is 12.3. The number of ether oxygens (including phenoxy) is 1. The minimum atomic E-state index is -0.522. The van der Waals surface area contributed by atoms with Crippen molar-refractivity contribution in [2.24, 2.45) is 5.41 Å². The van der Waals surface area contributed by atoms with Gasteiger partial charge in [0.15, 0.2) is 0 Å². The fourth-order valence-electron chi connectivity index (χ4n) is 2.61. The van der Waals surface area contributed by atoms with Crippen molar-refractivity contribution in [2.45, 2.75) is 61.0 Å². The lowest BCUT2D eigenvalue weighted by Crippen LogP contribution is -2.32. The van der Waals surface area contributed by atoms with Gasteiger partial charge in [0.25, 0.3) is 0 Å². The molecule has 0 saturated heterocycles. The molecule has 1 heterocycles. The Hall–Kier alpha value is -2.01. The van der Waals surface area contributed by atoms with Crippen molar-refractivity contribution in [1.82, 2.24) is 10.6 Å². The van der Waals surface area contributed by atoms with Crippen LogP contribution in [0.4, 0.5) is 0 Å². The van der Waals surface area contributed by atoms with E-state index in [0.29, 0.717) is 12.1 Å². The van der Waals surface area contributed by atoms with Crippen molar-refractivity contribution < 1.29 is 14.6 Å². The molecule has 0 amide bonds. The standard InChI is InChI=1S/C20H32N2O3.C2H6/c1-6-7-8-9-18-15(2)10-20(4,5)14-21-11-17(12-22-18)19(24)25-16(3)13-23;1-2/h6-9,11,16,21-23H,10,12-14H2,1-5H3;1-2H3/b7-6-,9-8-,17-11+,18-15-;. The number of nitrogens with one attached hydrogen (secondary N) is 2. The lowest BCUT2D eigenvalue weighted by Gasteiger charge is -2.28. The summed E-state index contributed by atoms with van der Waals surface area (Å²) < 4.78 is 5.24. The van der Waals surface area contributed by atoms with Crippen molar-refractivity contribution in [3.8, 4) is 0 Å². The first kappa shape index (κ1) is 25.0. The zero-order valence-corrected chi connectivity index (χ0v) is 18.1. The van der Waals surface area contributed by atoms with Crippen LogP contribution in [-0.2, 0) is 9.53 Å². The van der Waals surface area contributed by atoms with Gasteiger partial charge in [-0.15, -0.1) is 0 Å². The Morgan fingerprint density at radius 2 is 2.04 bits per heavy atom. The molecule has 0 aliphatic carbocycles. The third-order valence-electron chi connectivity index (χ3n) is 3.92. The minimum Gasteiger partial charge on any atom is -0.457 e. The molecule has 0 fully saturated rings. The summed E-state index contributed by atoms with van der Waals surface area (Å²) in [5, 5.41) is 15.7. The number of esters is 1. The fraction of sp³-hybridized carbons (Fsp3) is 0.591. The second-order valence-electron chi connectivity index (χ2n) is 7.22. The van der Waals surface area contributed by atoms with E-state index < -0.39 is 12.1 Å². The number of carbonyl (C=O) groups excluding carboxylic acids is 1. The highest BCUT2D eigenvalue weighted by Gasteiger charge is 2.22. The van der Waals surface area contributed by atoms with E-state index >= 15 is 0 Å². The molecule has 1 rings (SSSR count). The largest absolute Gasteiger partial charge is 0.457 e. The Kier molecular flexibility index (Phi) is 12.2. The molecule has 1 aliphatic rings. The summed E-state index contributed by atoms with van der Waals surface area (Å²) in [6, 6.07) is 0. The molecule has 5 nitrogen and oxygen atoms in total. The summed E-state index contributed by atoms with van der Waals surface area (Å²) in [7, 11) is 0. The number of allylic oxidation sites excluding steroid dienone is 5. The van der Waals surface area contributed by atoms with Gasteiger partial charge in [-0.1, -0.05) is 45.9 Å². The smallest absolute Gasteiger partial charge is 0.337 e. The van der Waals surface area contributed by atoms with Crippen LogP contribution in [0, 0.1) is 5.41 Å². The highest BCUT2D eigenvalue weighted by molar-refractivity contribution is 5.89. The average Bonchev–Trinajstić information content (AvgIpc) is 2.63. The van der Waals surface area contributed by atoms with Crippen molar-refractivity contribution in [2.75, 3.05) is 19.7 Å². The first-order valence-electron chi connectivity index (χ1n) is 9.76. The van der Waals surface area contributed by atoms with Gasteiger partial charge in [0.2, 0.25) is 0 Å². The Labute approximate surface area is 165 Å². The first-order chi connectivity index (χ1) is 12.8. The van der Waals surface area contributed by atoms with Gasteiger partial charge < -0.3 is 20.5 Å². The first-order valence-corrected chi connectivity index (χ1v) is 9.76. The summed E-state index contributed by atoms with van der Waals surface area (Å²) in [6.45, 7) is 15.1. The third kappa shape index (κ3) is 10.0. The summed E-state index contributed by atoms with van der Waals surface area (Å²) in [5.74, 6) is -0.422. The predicted octanol–water partition coefficient (Wildman–Crippen LogP) is 3.84. The van der Waals surface area contributed by atoms with E-state index in [1.807, 2.05) is 45.1 Å². The third-order valence-corrected chi connectivity index (χ3v) is 3.92. The minimum absolute atomic E-state index is 0.0483. The maximum atomic E-state index is 12.3. The highest BCUT2D eigenvalue weighted by Crippen LogP contribution is 2.26. The van der Waals surface area contributed by atoms with Crippen LogP contribution in [0.1, 0.15) is 54.9 Å². The quantitative estimate of drug-likeness (QED) is 0.501. The normalized spacial score (nSPS) is 23.3. The monoisotopic (exact) mass is 378 g/mol. The highest BCUT2D eigenvalue weighted by atomic mass is 16.5. The molecule has 0 aromatic heterocycles. The van der Waals surface area contributed by atoms with E-state index in [1.165, 1.54) is 5.57 Å². The molecule has 3 N–H and O–H groups in total. The molecule has 0 spiro atoms. The maximum Gasteiger partial charge on any atom is 0.337 e. The van der Waals surface area contributed by atoms with E-state index in [0.717, 1.165) is 18.7 Å². The molecule has 1 aliphatic heterocycles. The van der Waals surface area contributed by atoms with E-state index in [9.17, 15) is 4.79 Å². The SMILES string of the molecule is CC.C\C=C/C=C\C1=C(/C)CC(C)(C)CN/C=C(/C(=O)OC(C)CO)CN1. The molecule has 154 valence electrons. The van der Waals surface area contributed by atoms with Gasteiger partial charge in [-0.05, 0) is 44.3 Å². The van der Waals surface area contributed by atoms with Crippen LogP contribution in [0.5, 0.6) is 0 Å². The Morgan fingerprint density at radius 3 is 2.63 bits per heavy atom. The van der Waals surface area contributed by atoms with Gasteiger partial charge in [0.05, 0.1) is 12.2 Å². The summed E-state index contributed by atoms with van der Waals surface area (Å²) in [4.78, 5) is 12.3. The lowest BCUT2D eigenvalue weighted by atomic mass is 9.85. The van der Waals surface area contributed by atoms with E-state index in [4.69, 9.17) is 9.84 Å². The van der Waals surface area contributed by atoms with Crippen molar-refractivity contribution in [3.63, 3.8) is 0 Å². The predicted molar refractivity (Wildman–Crippen MR) is 113 cm³/mol. The van der Waals surface area contributed by atoms with Gasteiger partial charge in [-0.3, -0.25) is 0 Å². The van der Waals surface area contributed by atoms with Crippen molar-refractivity contribution >= 4 is 5.97 Å². The fourth-order valence-corrected chi connectivity index (χ4v) is 2.61. The summed E-state index contributed by atoms with van der Waals surface area (Å²) in [6.07, 6.45) is 10.1. The number of carbonyl (C=O) groups is 1. The Balaban J connectivity index is 0.00000326. The van der Waals surface area contributed by atoms with Gasteiger partial charge >= 0.3 is 5.97 Å². The number of hydrogen-bond acceptors (Lipinski definition) is 5. The molecular weight excluding hydrogens is 340 g/mol. The van der Waals surface area contributed by atoms with E-state index in [2.05, 4.69) is 31.4 Å². The van der Waals surface area contributed by atoms with Crippen LogP contribution >= 0.6 is 0 Å². The molecule has 1 atom stereocenters. The molecule has 1 unspecified atom stereocenters. The molecule has 0 aromatic carbocycles. The van der Waals surface area contributed by atoms with Crippen LogP contribution in [-0.4, -0.2) is 36.9 Å². The Bertz CT molecular complexity index is 572. The van der Waals surface area contributed by atoms with Gasteiger partial charge in [-0.25, -0.2) is 4.79 Å². The number of rotatable bonds is 5. The molecule has 0 bridgehead atoms. The molecule has 0 radical (unpaired) electrons. The van der Waals surface area contributed by atoms with Gasteiger partial charge in [0, 0.05) is 25.0 Å². The molecular formula is C22H38N2O3. The average molecular weight is 379 g/mol. The molecule has 0 aromatic rings. The van der Waals surface area contributed by atoms with Crippen LogP contribution < -0.4 is 10.6 Å². The van der Waals surface area contributed by atoms with E-state index in [-0.39, 0.29) is 12.0 Å². The summed E-state index contributed by atoms with van der Waals surface area (Å²) in [5.41, 5.74) is 2.81. The number of aliphatic hydroxyl groups excluding tert-OH is 1. The van der Waals surface area contributed by atoms with Gasteiger partial charge in [-0.2, -0.15) is 0 Å². The van der Waals surface area contributed by atoms with Crippen LogP contribution in [0.3, 0.4) is 0 Å². The number of aliphatic hydroxyl groups is 1. The van der Waals surface area contributed by atoms with Gasteiger partial charge in [0.1, 0.15) is 6.10 Å². The molecule has 27 heavy (non-hydrogen) atoms. The topological polar surface area (TPSA) is 70.6 Å².